The van der Waals surface area contributed by atoms with Crippen LogP contribution in [0.25, 0.3) is 0 Å². The average Bonchev–Trinajstić information content (AvgIpc) is 3.03. The molecule has 19 heavy (non-hydrogen) atoms. The Balaban J connectivity index is 1.73. The van der Waals surface area contributed by atoms with Crippen molar-refractivity contribution in [3.63, 3.8) is 0 Å². The molecule has 102 valence electrons. The summed E-state index contributed by atoms with van der Waals surface area (Å²) in [5.41, 5.74) is 0. The molecular formula is C14H18N2O3. The number of rotatable bonds is 3. The monoisotopic (exact) mass is 262 g/mol. The van der Waals surface area contributed by atoms with Crippen LogP contribution in [0.1, 0.15) is 25.5 Å². The van der Waals surface area contributed by atoms with Crippen LogP contribution >= 0.6 is 0 Å². The number of furan rings is 1. The Morgan fingerprint density at radius 1 is 1.47 bits per heavy atom. The SMILES string of the molecule is CC(Cc1ccco1)N1CC(=O)N2CCCC2C1=O. The quantitative estimate of drug-likeness (QED) is 0.818. The van der Waals surface area contributed by atoms with Crippen LogP contribution in [-0.2, 0) is 16.0 Å². The highest BCUT2D eigenvalue weighted by molar-refractivity contribution is 5.95. The number of carbonyl (C=O) groups excluding carboxylic acids is 2. The Morgan fingerprint density at radius 3 is 3.05 bits per heavy atom. The van der Waals surface area contributed by atoms with Gasteiger partial charge in [0.05, 0.1) is 6.26 Å². The first-order valence-electron chi connectivity index (χ1n) is 6.79. The van der Waals surface area contributed by atoms with Crippen LogP contribution in [0.2, 0.25) is 0 Å². The summed E-state index contributed by atoms with van der Waals surface area (Å²) in [7, 11) is 0. The highest BCUT2D eigenvalue weighted by atomic mass is 16.3. The normalized spacial score (nSPS) is 24.8. The highest BCUT2D eigenvalue weighted by Crippen LogP contribution is 2.25. The van der Waals surface area contributed by atoms with E-state index in [2.05, 4.69) is 0 Å². The van der Waals surface area contributed by atoms with Gasteiger partial charge in [-0.1, -0.05) is 0 Å². The topological polar surface area (TPSA) is 53.8 Å². The van der Waals surface area contributed by atoms with Gasteiger partial charge in [-0.2, -0.15) is 0 Å². The maximum atomic E-state index is 12.4. The lowest BCUT2D eigenvalue weighted by atomic mass is 10.1. The molecule has 0 bridgehead atoms. The van der Waals surface area contributed by atoms with E-state index in [0.717, 1.165) is 25.1 Å². The zero-order chi connectivity index (χ0) is 13.4. The first-order chi connectivity index (χ1) is 9.16. The molecule has 0 radical (unpaired) electrons. The first-order valence-corrected chi connectivity index (χ1v) is 6.79. The van der Waals surface area contributed by atoms with Gasteiger partial charge in [0.1, 0.15) is 18.3 Å². The van der Waals surface area contributed by atoms with Gasteiger partial charge >= 0.3 is 0 Å². The predicted octanol–water partition coefficient (Wildman–Crippen LogP) is 1.04. The van der Waals surface area contributed by atoms with Crippen LogP contribution in [0.4, 0.5) is 0 Å². The number of carbonyl (C=O) groups is 2. The minimum absolute atomic E-state index is 0.00894. The number of hydrogen-bond acceptors (Lipinski definition) is 3. The van der Waals surface area contributed by atoms with Gasteiger partial charge in [0.25, 0.3) is 0 Å². The van der Waals surface area contributed by atoms with Crippen LogP contribution in [0.3, 0.4) is 0 Å². The number of fused-ring (bicyclic) bond motifs is 1. The average molecular weight is 262 g/mol. The summed E-state index contributed by atoms with van der Waals surface area (Å²) >= 11 is 0. The van der Waals surface area contributed by atoms with Crippen molar-refractivity contribution in [1.82, 2.24) is 9.80 Å². The lowest BCUT2D eigenvalue weighted by Crippen LogP contribution is -2.59. The minimum atomic E-state index is -0.222. The van der Waals surface area contributed by atoms with Gasteiger partial charge in [0.15, 0.2) is 0 Å². The van der Waals surface area contributed by atoms with E-state index in [-0.39, 0.29) is 30.4 Å². The maximum Gasteiger partial charge on any atom is 0.246 e. The molecule has 3 heterocycles. The van der Waals surface area contributed by atoms with E-state index in [4.69, 9.17) is 4.42 Å². The summed E-state index contributed by atoms with van der Waals surface area (Å²) in [5.74, 6) is 1.02. The fourth-order valence-electron chi connectivity index (χ4n) is 3.03. The number of piperazine rings is 1. The van der Waals surface area contributed by atoms with Crippen LogP contribution in [0, 0.1) is 0 Å². The Morgan fingerprint density at radius 2 is 2.32 bits per heavy atom. The van der Waals surface area contributed by atoms with Crippen molar-refractivity contribution >= 4 is 11.8 Å². The summed E-state index contributed by atoms with van der Waals surface area (Å²) in [6, 6.07) is 3.50. The van der Waals surface area contributed by atoms with E-state index in [0.29, 0.717) is 6.42 Å². The Hall–Kier alpha value is -1.78. The molecule has 2 atom stereocenters. The summed E-state index contributed by atoms with van der Waals surface area (Å²) in [6.07, 6.45) is 4.01. The molecule has 2 saturated heterocycles. The van der Waals surface area contributed by atoms with E-state index < -0.39 is 0 Å². The van der Waals surface area contributed by atoms with E-state index in [9.17, 15) is 9.59 Å². The maximum absolute atomic E-state index is 12.4. The van der Waals surface area contributed by atoms with Gasteiger partial charge < -0.3 is 14.2 Å². The standard InChI is InChI=1S/C14H18N2O3/c1-10(8-11-4-3-7-19-11)16-9-13(17)15-6-2-5-12(15)14(16)18/h3-4,7,10,12H,2,5-6,8-9H2,1H3. The van der Waals surface area contributed by atoms with Gasteiger partial charge in [-0.3, -0.25) is 9.59 Å². The molecule has 1 aromatic heterocycles. The predicted molar refractivity (Wildman–Crippen MR) is 68.3 cm³/mol. The van der Waals surface area contributed by atoms with E-state index >= 15 is 0 Å². The zero-order valence-electron chi connectivity index (χ0n) is 11.0. The summed E-state index contributed by atoms with van der Waals surface area (Å²) < 4.78 is 5.31. The zero-order valence-corrected chi connectivity index (χ0v) is 11.0. The highest BCUT2D eigenvalue weighted by Gasteiger charge is 2.43. The minimum Gasteiger partial charge on any atom is -0.469 e. The van der Waals surface area contributed by atoms with Gasteiger partial charge in [-0.15, -0.1) is 0 Å². The van der Waals surface area contributed by atoms with E-state index in [1.807, 2.05) is 19.1 Å². The molecule has 2 fully saturated rings. The third kappa shape index (κ3) is 2.13. The van der Waals surface area contributed by atoms with Crippen molar-refractivity contribution in [2.24, 2.45) is 0 Å². The largest absolute Gasteiger partial charge is 0.469 e. The van der Waals surface area contributed by atoms with Crippen LogP contribution in [-0.4, -0.2) is 46.8 Å². The molecule has 2 unspecified atom stereocenters. The third-order valence-electron chi connectivity index (χ3n) is 4.06. The summed E-state index contributed by atoms with van der Waals surface area (Å²) in [4.78, 5) is 27.9. The van der Waals surface area contributed by atoms with Crippen LogP contribution in [0.15, 0.2) is 22.8 Å². The number of amides is 2. The van der Waals surface area contributed by atoms with Crippen LogP contribution in [0.5, 0.6) is 0 Å². The molecule has 0 N–H and O–H groups in total. The van der Waals surface area contributed by atoms with Crippen molar-refractivity contribution in [1.29, 1.82) is 0 Å². The molecule has 1 aromatic rings. The lowest BCUT2D eigenvalue weighted by molar-refractivity contribution is -0.155. The molecule has 0 aliphatic carbocycles. The van der Waals surface area contributed by atoms with Crippen molar-refractivity contribution in [3.05, 3.63) is 24.2 Å². The molecule has 5 nitrogen and oxygen atoms in total. The summed E-state index contributed by atoms with van der Waals surface area (Å²) in [6.45, 7) is 2.91. The fourth-order valence-corrected chi connectivity index (χ4v) is 3.03. The smallest absolute Gasteiger partial charge is 0.246 e. The van der Waals surface area contributed by atoms with Crippen molar-refractivity contribution in [2.75, 3.05) is 13.1 Å². The molecular weight excluding hydrogens is 244 g/mol. The fraction of sp³-hybridized carbons (Fsp3) is 0.571. The second kappa shape index (κ2) is 4.72. The Bertz CT molecular complexity index is 483. The molecule has 5 heteroatoms. The molecule has 2 aliphatic rings. The van der Waals surface area contributed by atoms with Gasteiger partial charge in [-0.25, -0.2) is 0 Å². The number of nitrogens with zero attached hydrogens (tertiary/aromatic N) is 2. The molecule has 0 spiro atoms. The van der Waals surface area contributed by atoms with Crippen molar-refractivity contribution in [2.45, 2.75) is 38.3 Å². The molecule has 0 saturated carbocycles. The molecule has 0 aromatic carbocycles. The first kappa shape index (κ1) is 12.3. The van der Waals surface area contributed by atoms with Gasteiger partial charge in [0, 0.05) is 19.0 Å². The Labute approximate surface area is 112 Å². The summed E-state index contributed by atoms with van der Waals surface area (Å²) in [5, 5.41) is 0. The second-order valence-electron chi connectivity index (χ2n) is 5.34. The molecule has 2 amide bonds. The lowest BCUT2D eigenvalue weighted by Gasteiger charge is -2.39. The second-order valence-corrected chi connectivity index (χ2v) is 5.34. The van der Waals surface area contributed by atoms with E-state index in [1.165, 1.54) is 0 Å². The van der Waals surface area contributed by atoms with E-state index in [1.54, 1.807) is 16.1 Å². The Kier molecular flexibility index (Phi) is 3.05. The van der Waals surface area contributed by atoms with Crippen molar-refractivity contribution < 1.29 is 14.0 Å². The van der Waals surface area contributed by atoms with Gasteiger partial charge in [-0.05, 0) is 31.9 Å². The number of hydrogen-bond donors (Lipinski definition) is 0. The van der Waals surface area contributed by atoms with Gasteiger partial charge in [0.2, 0.25) is 11.8 Å². The molecule has 2 aliphatic heterocycles. The molecule has 3 rings (SSSR count). The van der Waals surface area contributed by atoms with Crippen molar-refractivity contribution in [3.8, 4) is 0 Å². The van der Waals surface area contributed by atoms with Crippen LogP contribution < -0.4 is 0 Å². The third-order valence-corrected chi connectivity index (χ3v) is 4.06.